The maximum Gasteiger partial charge on any atom is 0.241 e. The number of aromatic nitrogens is 2. The largest absolute Gasteiger partial charge is 0.394 e. The van der Waals surface area contributed by atoms with Crippen LogP contribution in [0.3, 0.4) is 0 Å². The Kier molecular flexibility index (Phi) is 4.08. The quantitative estimate of drug-likeness (QED) is 0.928. The molecule has 0 amide bonds. The summed E-state index contributed by atoms with van der Waals surface area (Å²) in [6.45, 7) is 6.06. The minimum absolute atomic E-state index is 0.0181. The van der Waals surface area contributed by atoms with E-state index in [4.69, 9.17) is 9.26 Å². The van der Waals surface area contributed by atoms with E-state index in [1.54, 1.807) is 11.3 Å². The van der Waals surface area contributed by atoms with E-state index in [1.165, 1.54) is 0 Å². The SMILES string of the molecule is CC1(C)CN(Cc2nc(-c3cccs3)no2)CC(CO)O1. The summed E-state index contributed by atoms with van der Waals surface area (Å²) in [6, 6.07) is 3.94. The predicted octanol–water partition coefficient (Wildman–Crippen LogP) is 1.77. The van der Waals surface area contributed by atoms with E-state index in [-0.39, 0.29) is 18.3 Å². The zero-order valence-corrected chi connectivity index (χ0v) is 13.0. The van der Waals surface area contributed by atoms with Gasteiger partial charge in [0.15, 0.2) is 0 Å². The fraction of sp³-hybridized carbons (Fsp3) is 0.571. The van der Waals surface area contributed by atoms with Gasteiger partial charge in [-0.15, -0.1) is 11.3 Å². The van der Waals surface area contributed by atoms with Gasteiger partial charge in [0.2, 0.25) is 11.7 Å². The van der Waals surface area contributed by atoms with Crippen LogP contribution in [-0.2, 0) is 11.3 Å². The minimum atomic E-state index is -0.289. The molecule has 0 aromatic carbocycles. The van der Waals surface area contributed by atoms with Crippen molar-refractivity contribution >= 4 is 11.3 Å². The fourth-order valence-corrected chi connectivity index (χ4v) is 3.30. The Morgan fingerprint density at radius 3 is 3.10 bits per heavy atom. The first-order valence-electron chi connectivity index (χ1n) is 6.93. The minimum Gasteiger partial charge on any atom is -0.394 e. The smallest absolute Gasteiger partial charge is 0.241 e. The Bertz CT molecular complexity index is 582. The van der Waals surface area contributed by atoms with Gasteiger partial charge in [0.1, 0.15) is 0 Å². The molecule has 1 saturated heterocycles. The zero-order chi connectivity index (χ0) is 14.9. The topological polar surface area (TPSA) is 71.6 Å². The molecule has 1 fully saturated rings. The van der Waals surface area contributed by atoms with Crippen LogP contribution in [0.1, 0.15) is 19.7 Å². The van der Waals surface area contributed by atoms with Crippen molar-refractivity contribution in [2.75, 3.05) is 19.7 Å². The summed E-state index contributed by atoms with van der Waals surface area (Å²) in [5.41, 5.74) is -0.289. The first-order valence-corrected chi connectivity index (χ1v) is 7.81. The number of hydrogen-bond acceptors (Lipinski definition) is 7. The third-order valence-corrected chi connectivity index (χ3v) is 4.19. The van der Waals surface area contributed by atoms with Gasteiger partial charge in [0, 0.05) is 13.1 Å². The molecule has 0 radical (unpaired) electrons. The molecule has 7 heteroatoms. The molecule has 2 aromatic rings. The summed E-state index contributed by atoms with van der Waals surface area (Å²) in [6.07, 6.45) is -0.173. The van der Waals surface area contributed by atoms with Crippen molar-refractivity contribution in [2.45, 2.75) is 32.1 Å². The summed E-state index contributed by atoms with van der Waals surface area (Å²) in [5.74, 6) is 1.22. The molecule has 6 nitrogen and oxygen atoms in total. The molecule has 1 aliphatic rings. The lowest BCUT2D eigenvalue weighted by Gasteiger charge is -2.41. The number of thiophene rings is 1. The number of morpholine rings is 1. The third kappa shape index (κ3) is 3.49. The fourth-order valence-electron chi connectivity index (χ4n) is 2.65. The predicted molar refractivity (Wildman–Crippen MR) is 78.9 cm³/mol. The number of aliphatic hydroxyl groups is 1. The number of ether oxygens (including phenoxy) is 1. The Labute approximate surface area is 127 Å². The molecule has 0 bridgehead atoms. The Balaban J connectivity index is 1.68. The average molecular weight is 309 g/mol. The molecule has 3 heterocycles. The molecule has 1 unspecified atom stereocenters. The normalized spacial score (nSPS) is 22.5. The first-order chi connectivity index (χ1) is 10.1. The van der Waals surface area contributed by atoms with E-state index in [2.05, 4.69) is 15.0 Å². The molecule has 0 aliphatic carbocycles. The van der Waals surface area contributed by atoms with Crippen molar-refractivity contribution in [3.63, 3.8) is 0 Å². The van der Waals surface area contributed by atoms with Crippen LogP contribution in [-0.4, -0.2) is 51.5 Å². The molecule has 1 atom stereocenters. The highest BCUT2D eigenvalue weighted by Crippen LogP contribution is 2.24. The number of hydrogen-bond donors (Lipinski definition) is 1. The number of rotatable bonds is 4. The molecule has 114 valence electrons. The van der Waals surface area contributed by atoms with E-state index in [9.17, 15) is 5.11 Å². The number of aliphatic hydroxyl groups excluding tert-OH is 1. The lowest BCUT2D eigenvalue weighted by atomic mass is 10.1. The molecule has 2 aromatic heterocycles. The van der Waals surface area contributed by atoms with Gasteiger partial charge in [-0.25, -0.2) is 0 Å². The van der Waals surface area contributed by atoms with Crippen molar-refractivity contribution in [3.05, 3.63) is 23.4 Å². The second-order valence-electron chi connectivity index (χ2n) is 5.84. The van der Waals surface area contributed by atoms with Crippen molar-refractivity contribution in [1.29, 1.82) is 0 Å². The van der Waals surface area contributed by atoms with Crippen LogP contribution in [0.2, 0.25) is 0 Å². The van der Waals surface area contributed by atoms with Crippen LogP contribution >= 0.6 is 11.3 Å². The maximum atomic E-state index is 9.33. The van der Waals surface area contributed by atoms with Gasteiger partial charge in [-0.2, -0.15) is 4.98 Å². The highest BCUT2D eigenvalue weighted by Gasteiger charge is 2.33. The zero-order valence-electron chi connectivity index (χ0n) is 12.2. The summed E-state index contributed by atoms with van der Waals surface area (Å²) >= 11 is 1.59. The second kappa shape index (κ2) is 5.84. The van der Waals surface area contributed by atoms with Crippen molar-refractivity contribution in [3.8, 4) is 10.7 Å². The van der Waals surface area contributed by atoms with E-state index in [0.717, 1.165) is 11.4 Å². The van der Waals surface area contributed by atoms with Gasteiger partial charge in [-0.3, -0.25) is 4.90 Å². The van der Waals surface area contributed by atoms with Crippen LogP contribution in [0.25, 0.3) is 10.7 Å². The lowest BCUT2D eigenvalue weighted by Crippen LogP contribution is -2.53. The van der Waals surface area contributed by atoms with Gasteiger partial charge in [-0.05, 0) is 25.3 Å². The van der Waals surface area contributed by atoms with E-state index < -0.39 is 0 Å². The molecule has 0 spiro atoms. The van der Waals surface area contributed by atoms with Gasteiger partial charge < -0.3 is 14.4 Å². The van der Waals surface area contributed by atoms with Gasteiger partial charge >= 0.3 is 0 Å². The second-order valence-corrected chi connectivity index (χ2v) is 6.79. The summed E-state index contributed by atoms with van der Waals surface area (Å²) in [7, 11) is 0. The molecule has 21 heavy (non-hydrogen) atoms. The highest BCUT2D eigenvalue weighted by molar-refractivity contribution is 7.13. The van der Waals surface area contributed by atoms with Crippen LogP contribution in [0.15, 0.2) is 22.0 Å². The first kappa shape index (κ1) is 14.6. The third-order valence-electron chi connectivity index (χ3n) is 3.32. The Hall–Kier alpha value is -1.28. The standard InChI is InChI=1S/C14H19N3O3S/c1-14(2)9-17(6-10(8-18)19-14)7-12-15-13(16-20-12)11-4-3-5-21-11/h3-5,10,18H,6-9H2,1-2H3. The van der Waals surface area contributed by atoms with Crippen LogP contribution in [0.4, 0.5) is 0 Å². The monoisotopic (exact) mass is 309 g/mol. The van der Waals surface area contributed by atoms with E-state index >= 15 is 0 Å². The van der Waals surface area contributed by atoms with Gasteiger partial charge in [0.05, 0.1) is 29.7 Å². The summed E-state index contributed by atoms with van der Waals surface area (Å²) in [4.78, 5) is 7.61. The lowest BCUT2D eigenvalue weighted by molar-refractivity contribution is -0.151. The van der Waals surface area contributed by atoms with Crippen LogP contribution in [0, 0.1) is 0 Å². The van der Waals surface area contributed by atoms with Crippen molar-refractivity contribution < 1.29 is 14.4 Å². The summed E-state index contributed by atoms with van der Waals surface area (Å²) in [5, 5.41) is 15.3. The highest BCUT2D eigenvalue weighted by atomic mass is 32.1. The van der Waals surface area contributed by atoms with Gasteiger partial charge in [-0.1, -0.05) is 11.2 Å². The Morgan fingerprint density at radius 2 is 2.38 bits per heavy atom. The number of nitrogens with zero attached hydrogens (tertiary/aromatic N) is 3. The van der Waals surface area contributed by atoms with Crippen LogP contribution < -0.4 is 0 Å². The van der Waals surface area contributed by atoms with Gasteiger partial charge in [0.25, 0.3) is 0 Å². The van der Waals surface area contributed by atoms with E-state index in [0.29, 0.717) is 24.8 Å². The average Bonchev–Trinajstić information content (AvgIpc) is 3.06. The maximum absolute atomic E-state index is 9.33. The molecular formula is C14H19N3O3S. The Morgan fingerprint density at radius 1 is 1.52 bits per heavy atom. The molecule has 1 aliphatic heterocycles. The molecular weight excluding hydrogens is 290 g/mol. The van der Waals surface area contributed by atoms with Crippen molar-refractivity contribution in [2.24, 2.45) is 0 Å². The van der Waals surface area contributed by atoms with E-state index in [1.807, 2.05) is 31.4 Å². The molecule has 0 saturated carbocycles. The molecule has 1 N–H and O–H groups in total. The molecule has 3 rings (SSSR count). The summed E-state index contributed by atoms with van der Waals surface area (Å²) < 4.78 is 11.1. The van der Waals surface area contributed by atoms with Crippen molar-refractivity contribution in [1.82, 2.24) is 15.0 Å². The van der Waals surface area contributed by atoms with Crippen LogP contribution in [0.5, 0.6) is 0 Å².